The Morgan fingerprint density at radius 3 is 2.64 bits per heavy atom. The normalized spacial score (nSPS) is 26.0. The van der Waals surface area contributed by atoms with Crippen LogP contribution in [-0.4, -0.2) is 75.1 Å². The Balaban J connectivity index is 1.50. The highest BCUT2D eigenvalue weighted by Crippen LogP contribution is 2.51. The SMILES string of the molecule is O=C(CCCCCNC(=O)[C@@H]1CC2(CN1C(=O)[C@@H]1CCCN1)SCCS2)NO. The predicted octanol–water partition coefficient (Wildman–Crippen LogP) is 0.698. The summed E-state index contributed by atoms with van der Waals surface area (Å²) in [6, 6.07) is -0.548. The zero-order valence-electron chi connectivity index (χ0n) is 16.1. The van der Waals surface area contributed by atoms with E-state index in [1.54, 1.807) is 5.48 Å². The highest BCUT2D eigenvalue weighted by atomic mass is 32.2. The monoisotopic (exact) mass is 430 g/mol. The van der Waals surface area contributed by atoms with Gasteiger partial charge in [0.2, 0.25) is 17.7 Å². The van der Waals surface area contributed by atoms with E-state index in [0.29, 0.717) is 25.9 Å². The number of rotatable bonds is 8. The lowest BCUT2D eigenvalue weighted by Crippen LogP contribution is -2.51. The largest absolute Gasteiger partial charge is 0.354 e. The average molecular weight is 431 g/mol. The fourth-order valence-electron chi connectivity index (χ4n) is 4.08. The zero-order valence-corrected chi connectivity index (χ0v) is 17.7. The Hall–Kier alpha value is -0.970. The van der Waals surface area contributed by atoms with Crippen molar-refractivity contribution in [2.24, 2.45) is 0 Å². The number of unbranched alkanes of at least 4 members (excludes halogenated alkanes) is 2. The fourth-order valence-corrected chi connectivity index (χ4v) is 7.34. The number of carbonyl (C=O) groups excluding carboxylic acids is 3. The summed E-state index contributed by atoms with van der Waals surface area (Å²) < 4.78 is -0.0338. The molecule has 3 amide bonds. The molecule has 28 heavy (non-hydrogen) atoms. The van der Waals surface area contributed by atoms with Crippen molar-refractivity contribution < 1.29 is 19.6 Å². The number of nitrogens with zero attached hydrogens (tertiary/aromatic N) is 1. The van der Waals surface area contributed by atoms with Crippen molar-refractivity contribution >= 4 is 41.2 Å². The van der Waals surface area contributed by atoms with Crippen LogP contribution in [0.15, 0.2) is 0 Å². The highest BCUT2D eigenvalue weighted by Gasteiger charge is 2.52. The molecule has 0 aromatic carbocycles. The van der Waals surface area contributed by atoms with Gasteiger partial charge in [-0.05, 0) is 32.2 Å². The van der Waals surface area contributed by atoms with Gasteiger partial charge in [0.05, 0.1) is 10.1 Å². The van der Waals surface area contributed by atoms with Gasteiger partial charge in [0, 0.05) is 37.4 Å². The van der Waals surface area contributed by atoms with Gasteiger partial charge < -0.3 is 15.5 Å². The van der Waals surface area contributed by atoms with E-state index in [4.69, 9.17) is 5.21 Å². The minimum atomic E-state index is -0.395. The topological polar surface area (TPSA) is 111 Å². The third-order valence-corrected chi connectivity index (χ3v) is 8.98. The van der Waals surface area contributed by atoms with Crippen molar-refractivity contribution in [1.29, 1.82) is 0 Å². The Morgan fingerprint density at radius 2 is 1.96 bits per heavy atom. The van der Waals surface area contributed by atoms with E-state index in [0.717, 1.165) is 43.7 Å². The molecular weight excluding hydrogens is 400 g/mol. The second-order valence-corrected chi connectivity index (χ2v) is 10.8. The molecule has 4 N–H and O–H groups in total. The van der Waals surface area contributed by atoms with E-state index >= 15 is 0 Å². The lowest BCUT2D eigenvalue weighted by molar-refractivity contribution is -0.139. The number of hydrogen-bond donors (Lipinski definition) is 4. The second kappa shape index (κ2) is 10.2. The molecule has 0 saturated carbocycles. The molecule has 3 aliphatic rings. The molecular formula is C18H30N4O4S2. The summed E-state index contributed by atoms with van der Waals surface area (Å²) in [5, 5.41) is 14.7. The first-order valence-electron chi connectivity index (χ1n) is 10.1. The van der Waals surface area contributed by atoms with Crippen LogP contribution in [0.25, 0.3) is 0 Å². The van der Waals surface area contributed by atoms with Crippen molar-refractivity contribution in [2.45, 2.75) is 61.1 Å². The predicted molar refractivity (Wildman–Crippen MR) is 110 cm³/mol. The first-order valence-corrected chi connectivity index (χ1v) is 12.0. The van der Waals surface area contributed by atoms with Crippen LogP contribution >= 0.6 is 23.5 Å². The van der Waals surface area contributed by atoms with E-state index < -0.39 is 6.04 Å². The average Bonchev–Trinajstić information content (AvgIpc) is 3.45. The van der Waals surface area contributed by atoms with Crippen LogP contribution in [0.4, 0.5) is 0 Å². The summed E-state index contributed by atoms with van der Waals surface area (Å²) in [5.74, 6) is 1.76. The Morgan fingerprint density at radius 1 is 1.18 bits per heavy atom. The van der Waals surface area contributed by atoms with Crippen molar-refractivity contribution in [2.75, 3.05) is 31.1 Å². The van der Waals surface area contributed by atoms with Crippen LogP contribution in [0, 0.1) is 0 Å². The van der Waals surface area contributed by atoms with E-state index in [-0.39, 0.29) is 34.3 Å². The van der Waals surface area contributed by atoms with Gasteiger partial charge in [-0.3, -0.25) is 19.6 Å². The van der Waals surface area contributed by atoms with Crippen LogP contribution in [0.1, 0.15) is 44.9 Å². The number of hydrogen-bond acceptors (Lipinski definition) is 7. The van der Waals surface area contributed by atoms with Crippen molar-refractivity contribution in [3.8, 4) is 0 Å². The van der Waals surface area contributed by atoms with Crippen LogP contribution in [0.3, 0.4) is 0 Å². The maximum atomic E-state index is 13.0. The Labute approximate surface area is 174 Å². The summed E-state index contributed by atoms with van der Waals surface area (Å²) in [6.07, 6.45) is 5.07. The molecule has 2 atom stereocenters. The lowest BCUT2D eigenvalue weighted by atomic mass is 10.1. The summed E-state index contributed by atoms with van der Waals surface area (Å²) in [4.78, 5) is 38.7. The number of carbonyl (C=O) groups is 3. The molecule has 10 heteroatoms. The molecule has 3 fully saturated rings. The van der Waals surface area contributed by atoms with Gasteiger partial charge in [0.1, 0.15) is 6.04 Å². The maximum absolute atomic E-state index is 13.0. The number of thioether (sulfide) groups is 2. The lowest BCUT2D eigenvalue weighted by Gasteiger charge is -2.27. The van der Waals surface area contributed by atoms with Crippen LogP contribution in [-0.2, 0) is 14.4 Å². The molecule has 0 radical (unpaired) electrons. The van der Waals surface area contributed by atoms with Gasteiger partial charge in [0.15, 0.2) is 0 Å². The van der Waals surface area contributed by atoms with Gasteiger partial charge >= 0.3 is 0 Å². The smallest absolute Gasteiger partial charge is 0.243 e. The van der Waals surface area contributed by atoms with Gasteiger partial charge in [-0.25, -0.2) is 5.48 Å². The van der Waals surface area contributed by atoms with Crippen molar-refractivity contribution in [1.82, 2.24) is 21.0 Å². The van der Waals surface area contributed by atoms with Gasteiger partial charge in [-0.1, -0.05) is 6.42 Å². The van der Waals surface area contributed by atoms with E-state index in [1.165, 1.54) is 0 Å². The number of likely N-dealkylation sites (tertiary alicyclic amines) is 1. The third-order valence-electron chi connectivity index (χ3n) is 5.55. The minimum absolute atomic E-state index is 0.0338. The summed E-state index contributed by atoms with van der Waals surface area (Å²) in [5.41, 5.74) is 1.62. The van der Waals surface area contributed by atoms with E-state index in [2.05, 4.69) is 10.6 Å². The minimum Gasteiger partial charge on any atom is -0.354 e. The molecule has 8 nitrogen and oxygen atoms in total. The van der Waals surface area contributed by atoms with E-state index in [1.807, 2.05) is 28.4 Å². The molecule has 158 valence electrons. The fraction of sp³-hybridized carbons (Fsp3) is 0.833. The molecule has 1 spiro atoms. The molecule has 3 rings (SSSR count). The van der Waals surface area contributed by atoms with Crippen molar-refractivity contribution in [3.63, 3.8) is 0 Å². The van der Waals surface area contributed by atoms with Gasteiger partial charge in [0.25, 0.3) is 0 Å². The first-order chi connectivity index (χ1) is 13.5. The zero-order chi connectivity index (χ0) is 20.0. The number of amides is 3. The van der Waals surface area contributed by atoms with Crippen LogP contribution in [0.2, 0.25) is 0 Å². The molecule has 3 aliphatic heterocycles. The van der Waals surface area contributed by atoms with Crippen LogP contribution in [0.5, 0.6) is 0 Å². The highest BCUT2D eigenvalue weighted by molar-refractivity contribution is 8.21. The summed E-state index contributed by atoms with van der Waals surface area (Å²) in [6.45, 7) is 2.05. The standard InChI is InChI=1S/C18H30N4O4S2/c23-15(21-26)6-2-1-3-7-20-16(24)14-11-18(27-9-10-28-18)12-22(14)17(25)13-5-4-8-19-13/h13-14,19,26H,1-12H2,(H,20,24)(H,21,23)/t13-,14-/m0/s1. The number of nitrogens with one attached hydrogen (secondary N) is 3. The molecule has 0 aliphatic carbocycles. The third kappa shape index (κ3) is 5.34. The first kappa shape index (κ1) is 21.7. The molecule has 0 unspecified atom stereocenters. The molecule has 3 heterocycles. The molecule has 3 saturated heterocycles. The second-order valence-electron chi connectivity index (χ2n) is 7.58. The van der Waals surface area contributed by atoms with Gasteiger partial charge in [-0.2, -0.15) is 0 Å². The van der Waals surface area contributed by atoms with E-state index in [9.17, 15) is 14.4 Å². The number of hydroxylamine groups is 1. The molecule has 0 aromatic heterocycles. The van der Waals surface area contributed by atoms with Crippen molar-refractivity contribution in [3.05, 3.63) is 0 Å². The Kier molecular flexibility index (Phi) is 7.90. The summed E-state index contributed by atoms with van der Waals surface area (Å²) in [7, 11) is 0. The molecule has 0 bridgehead atoms. The maximum Gasteiger partial charge on any atom is 0.243 e. The molecule has 0 aromatic rings. The summed E-state index contributed by atoms with van der Waals surface area (Å²) >= 11 is 3.77. The van der Waals surface area contributed by atoms with Crippen LogP contribution < -0.4 is 16.1 Å². The Bertz CT molecular complexity index is 580. The van der Waals surface area contributed by atoms with Gasteiger partial charge in [-0.15, -0.1) is 23.5 Å². The quantitative estimate of drug-likeness (QED) is 0.255.